The molecule has 0 atom stereocenters. The zero-order valence-corrected chi connectivity index (χ0v) is 14.1. The molecule has 0 aliphatic heterocycles. The summed E-state index contributed by atoms with van der Waals surface area (Å²) in [6.07, 6.45) is 0. The maximum atomic E-state index is 13.1. The van der Waals surface area contributed by atoms with Crippen molar-refractivity contribution in [2.45, 2.75) is 6.92 Å². The summed E-state index contributed by atoms with van der Waals surface area (Å²) in [6.45, 7) is 1.94. The van der Waals surface area contributed by atoms with Gasteiger partial charge in [0.2, 0.25) is 0 Å². The number of aromatic amines is 1. The van der Waals surface area contributed by atoms with Gasteiger partial charge in [-0.05, 0) is 24.6 Å². The highest BCUT2D eigenvalue weighted by molar-refractivity contribution is 6.31. The highest BCUT2D eigenvalue weighted by atomic mass is 35.5. The highest BCUT2D eigenvalue weighted by Crippen LogP contribution is 2.44. The van der Waals surface area contributed by atoms with Gasteiger partial charge in [-0.15, -0.1) is 0 Å². The van der Waals surface area contributed by atoms with Crippen LogP contribution in [0.5, 0.6) is 0 Å². The van der Waals surface area contributed by atoms with Gasteiger partial charge in [0.15, 0.2) is 11.4 Å². The van der Waals surface area contributed by atoms with E-state index >= 15 is 0 Å². The molecule has 0 spiro atoms. The largest absolute Gasteiger partial charge is 0.288 e. The number of rotatable bonds is 1. The second kappa shape index (κ2) is 5.01. The molecule has 5 rings (SSSR count). The molecule has 2 aromatic heterocycles. The van der Waals surface area contributed by atoms with E-state index in [0.717, 1.165) is 27.8 Å². The Bertz CT molecular complexity index is 1180. The summed E-state index contributed by atoms with van der Waals surface area (Å²) in [5.74, 6) is 0.00514. The smallest absolute Gasteiger partial charge is 0.196 e. The first kappa shape index (κ1) is 14.4. The third-order valence-corrected chi connectivity index (χ3v) is 4.92. The molecule has 1 N–H and O–H groups in total. The summed E-state index contributed by atoms with van der Waals surface area (Å²) in [4.78, 5) is 17.8. The van der Waals surface area contributed by atoms with E-state index < -0.39 is 0 Å². The van der Waals surface area contributed by atoms with Crippen LogP contribution in [-0.4, -0.2) is 21.0 Å². The normalized spacial score (nSPS) is 12.5. The predicted octanol–water partition coefficient (Wildman–Crippen LogP) is 4.80. The Morgan fingerprint density at radius 2 is 1.68 bits per heavy atom. The third-order valence-electron chi connectivity index (χ3n) is 4.67. The van der Waals surface area contributed by atoms with Crippen LogP contribution >= 0.6 is 11.6 Å². The van der Waals surface area contributed by atoms with E-state index in [4.69, 9.17) is 11.6 Å². The fraction of sp³-hybridized carbons (Fsp3) is 0.0500. The molecule has 0 fully saturated rings. The minimum atomic E-state index is 0.00514. The van der Waals surface area contributed by atoms with Crippen molar-refractivity contribution >= 4 is 28.4 Å². The first-order valence-electron chi connectivity index (χ1n) is 7.94. The number of nitrogens with zero attached hydrogens (tertiary/aromatic N) is 2. The van der Waals surface area contributed by atoms with Crippen molar-refractivity contribution in [3.8, 4) is 22.4 Å². The molecule has 0 unspecified atom stereocenters. The van der Waals surface area contributed by atoms with Gasteiger partial charge in [-0.3, -0.25) is 9.89 Å². The Balaban J connectivity index is 1.95. The molecule has 0 saturated heterocycles. The van der Waals surface area contributed by atoms with Crippen molar-refractivity contribution in [3.63, 3.8) is 0 Å². The number of halogens is 1. The van der Waals surface area contributed by atoms with Crippen LogP contribution in [0.2, 0.25) is 5.02 Å². The van der Waals surface area contributed by atoms with Crippen LogP contribution in [-0.2, 0) is 0 Å². The number of ketones is 1. The average molecular weight is 346 g/mol. The van der Waals surface area contributed by atoms with E-state index in [0.29, 0.717) is 27.5 Å². The topological polar surface area (TPSA) is 58.6 Å². The molecule has 0 bridgehead atoms. The van der Waals surface area contributed by atoms with Gasteiger partial charge in [-0.25, -0.2) is 4.98 Å². The molecule has 4 nitrogen and oxygen atoms in total. The fourth-order valence-electron chi connectivity index (χ4n) is 3.55. The van der Waals surface area contributed by atoms with Crippen LogP contribution < -0.4 is 0 Å². The van der Waals surface area contributed by atoms with Crippen molar-refractivity contribution in [2.24, 2.45) is 0 Å². The van der Waals surface area contributed by atoms with E-state index in [1.54, 1.807) is 0 Å². The zero-order chi connectivity index (χ0) is 17.1. The molecule has 0 amide bonds. The van der Waals surface area contributed by atoms with Gasteiger partial charge >= 0.3 is 0 Å². The number of aryl methyl sites for hydroxylation is 1. The number of benzene rings is 2. The SMILES string of the molecule is Cc1[nH]nc2nc3c(c(-c4ccc(Cl)cc4)c12)C(=O)c1ccccc1-3. The number of hydrogen-bond donors (Lipinski definition) is 1. The van der Waals surface area contributed by atoms with E-state index in [2.05, 4.69) is 15.2 Å². The van der Waals surface area contributed by atoms with E-state index in [1.165, 1.54) is 0 Å². The van der Waals surface area contributed by atoms with Crippen molar-refractivity contribution in [1.29, 1.82) is 0 Å². The van der Waals surface area contributed by atoms with Crippen LogP contribution in [0.25, 0.3) is 33.4 Å². The number of H-pyrrole nitrogens is 1. The van der Waals surface area contributed by atoms with Crippen molar-refractivity contribution in [2.75, 3.05) is 0 Å². The van der Waals surface area contributed by atoms with E-state index in [-0.39, 0.29) is 5.78 Å². The summed E-state index contributed by atoms with van der Waals surface area (Å²) in [5, 5.41) is 8.85. The molecule has 4 aromatic rings. The van der Waals surface area contributed by atoms with Gasteiger partial charge in [0, 0.05) is 27.4 Å². The highest BCUT2D eigenvalue weighted by Gasteiger charge is 2.33. The Labute approximate surface area is 148 Å². The van der Waals surface area contributed by atoms with Gasteiger partial charge in [-0.1, -0.05) is 48.0 Å². The van der Waals surface area contributed by atoms with Gasteiger partial charge in [-0.2, -0.15) is 5.10 Å². The molecule has 2 aromatic carbocycles. The Kier molecular flexibility index (Phi) is 2.88. The van der Waals surface area contributed by atoms with E-state index in [1.807, 2.05) is 55.5 Å². The van der Waals surface area contributed by atoms with Crippen molar-refractivity contribution < 1.29 is 4.79 Å². The molecule has 0 saturated carbocycles. The number of fused-ring (bicyclic) bond motifs is 4. The number of hydrogen-bond acceptors (Lipinski definition) is 3. The summed E-state index contributed by atoms with van der Waals surface area (Å²) in [7, 11) is 0. The predicted molar refractivity (Wildman–Crippen MR) is 97.9 cm³/mol. The van der Waals surface area contributed by atoms with Gasteiger partial charge in [0.05, 0.1) is 16.6 Å². The summed E-state index contributed by atoms with van der Waals surface area (Å²) >= 11 is 6.05. The molecular weight excluding hydrogens is 334 g/mol. The maximum absolute atomic E-state index is 13.1. The lowest BCUT2D eigenvalue weighted by atomic mass is 9.94. The first-order chi connectivity index (χ1) is 12.1. The second-order valence-corrected chi connectivity index (χ2v) is 6.58. The van der Waals surface area contributed by atoms with Gasteiger partial charge < -0.3 is 0 Å². The lowest BCUT2D eigenvalue weighted by molar-refractivity contribution is 0.104. The number of aromatic nitrogens is 3. The molecule has 2 heterocycles. The lowest BCUT2D eigenvalue weighted by Gasteiger charge is -2.10. The molecule has 1 aliphatic rings. The standard InChI is InChI=1S/C20H12ClN3O/c1-10-15-16(11-6-8-12(21)9-7-11)17-18(22-20(15)24-23-10)13-4-2-3-5-14(13)19(17)25/h2-9H,1H3,(H,22,23,24). The third kappa shape index (κ3) is 1.91. The number of carbonyl (C=O) groups excluding carboxylic acids is 1. The fourth-order valence-corrected chi connectivity index (χ4v) is 3.67. The minimum absolute atomic E-state index is 0.00514. The second-order valence-electron chi connectivity index (χ2n) is 6.14. The Morgan fingerprint density at radius 1 is 0.960 bits per heavy atom. The maximum Gasteiger partial charge on any atom is 0.196 e. The van der Waals surface area contributed by atoms with Crippen LogP contribution in [0, 0.1) is 6.92 Å². The molecule has 1 aliphatic carbocycles. The Hall–Kier alpha value is -2.98. The first-order valence-corrected chi connectivity index (χ1v) is 8.31. The van der Waals surface area contributed by atoms with Crippen molar-refractivity contribution in [1.82, 2.24) is 15.2 Å². The summed E-state index contributed by atoms with van der Waals surface area (Å²) < 4.78 is 0. The van der Waals surface area contributed by atoms with E-state index in [9.17, 15) is 4.79 Å². The number of pyridine rings is 1. The number of nitrogens with one attached hydrogen (secondary N) is 1. The van der Waals surface area contributed by atoms with Crippen molar-refractivity contribution in [3.05, 3.63) is 70.4 Å². The Morgan fingerprint density at radius 3 is 2.44 bits per heavy atom. The summed E-state index contributed by atoms with van der Waals surface area (Å²) in [5.41, 5.74) is 6.19. The van der Waals surface area contributed by atoms with Crippen LogP contribution in [0.15, 0.2) is 48.5 Å². The van der Waals surface area contributed by atoms with Crippen LogP contribution in [0.4, 0.5) is 0 Å². The molecule has 0 radical (unpaired) electrons. The zero-order valence-electron chi connectivity index (χ0n) is 13.3. The number of carbonyl (C=O) groups is 1. The van der Waals surface area contributed by atoms with Gasteiger partial charge in [0.1, 0.15) is 0 Å². The van der Waals surface area contributed by atoms with Crippen LogP contribution in [0.1, 0.15) is 21.6 Å². The quantitative estimate of drug-likeness (QED) is 0.475. The lowest BCUT2D eigenvalue weighted by Crippen LogP contribution is -2.00. The molecular formula is C20H12ClN3O. The molecule has 120 valence electrons. The summed E-state index contributed by atoms with van der Waals surface area (Å²) in [6, 6.07) is 15.1. The van der Waals surface area contributed by atoms with Gasteiger partial charge in [0.25, 0.3) is 0 Å². The monoisotopic (exact) mass is 345 g/mol. The van der Waals surface area contributed by atoms with Crippen LogP contribution in [0.3, 0.4) is 0 Å². The molecule has 5 heteroatoms. The minimum Gasteiger partial charge on any atom is -0.288 e. The average Bonchev–Trinajstić information content (AvgIpc) is 3.14. The molecule has 25 heavy (non-hydrogen) atoms.